The van der Waals surface area contributed by atoms with Crippen LogP contribution < -0.4 is 15.8 Å². The third-order valence-electron chi connectivity index (χ3n) is 2.70. The van der Waals surface area contributed by atoms with Crippen molar-refractivity contribution in [3.63, 3.8) is 0 Å². The largest absolute Gasteiger partial charge is 0.489 e. The molecule has 0 atom stereocenters. The molecule has 0 aliphatic rings. The molecule has 5 nitrogen and oxygen atoms in total. The lowest BCUT2D eigenvalue weighted by Gasteiger charge is -2.14. The molecule has 0 bridgehead atoms. The number of anilines is 1. The number of amides is 1. The minimum atomic E-state index is -0.450. The molecule has 0 fully saturated rings. The Balaban J connectivity index is 0.00000264. The van der Waals surface area contributed by atoms with Gasteiger partial charge in [0, 0.05) is 17.9 Å². The average molecular weight is 360 g/mol. The summed E-state index contributed by atoms with van der Waals surface area (Å²) in [6.45, 7) is 4.19. The maximum absolute atomic E-state index is 13.4. The second kappa shape index (κ2) is 8.81. The van der Waals surface area contributed by atoms with Crippen LogP contribution in [0.4, 0.5) is 10.1 Å². The van der Waals surface area contributed by atoms with Gasteiger partial charge in [-0.3, -0.25) is 4.79 Å². The second-order valence-corrected chi connectivity index (χ2v) is 5.87. The quantitative estimate of drug-likeness (QED) is 0.830. The van der Waals surface area contributed by atoms with Gasteiger partial charge < -0.3 is 15.8 Å². The van der Waals surface area contributed by atoms with Crippen LogP contribution in [0.25, 0.3) is 0 Å². The Morgan fingerprint density at radius 3 is 2.87 bits per heavy atom. The molecule has 1 aromatic carbocycles. The predicted molar refractivity (Wildman–Crippen MR) is 92.2 cm³/mol. The molecule has 3 N–H and O–H groups in total. The monoisotopic (exact) mass is 359 g/mol. The Labute approximate surface area is 144 Å². The lowest BCUT2D eigenvalue weighted by molar-refractivity contribution is 0.102. The number of rotatable bonds is 6. The first-order chi connectivity index (χ1) is 10.5. The van der Waals surface area contributed by atoms with Crippen molar-refractivity contribution < 1.29 is 13.9 Å². The minimum absolute atomic E-state index is 0. The van der Waals surface area contributed by atoms with Crippen LogP contribution in [0.15, 0.2) is 23.6 Å². The number of thiazole rings is 1. The van der Waals surface area contributed by atoms with Crippen molar-refractivity contribution in [1.82, 2.24) is 4.98 Å². The van der Waals surface area contributed by atoms with E-state index in [9.17, 15) is 9.18 Å². The summed E-state index contributed by atoms with van der Waals surface area (Å²) < 4.78 is 19.0. The number of carbonyl (C=O) groups is 1. The van der Waals surface area contributed by atoms with Crippen molar-refractivity contribution in [3.05, 3.63) is 40.1 Å². The van der Waals surface area contributed by atoms with E-state index in [2.05, 4.69) is 10.3 Å². The minimum Gasteiger partial charge on any atom is -0.489 e. The Morgan fingerprint density at radius 2 is 2.22 bits per heavy atom. The van der Waals surface area contributed by atoms with Crippen LogP contribution in [0.1, 0.15) is 29.3 Å². The zero-order chi connectivity index (χ0) is 16.1. The first kappa shape index (κ1) is 19.3. The topological polar surface area (TPSA) is 77.2 Å². The zero-order valence-electron chi connectivity index (χ0n) is 12.8. The van der Waals surface area contributed by atoms with E-state index in [1.165, 1.54) is 29.5 Å². The molecule has 126 valence electrons. The van der Waals surface area contributed by atoms with Crippen LogP contribution in [0.5, 0.6) is 5.75 Å². The Kier molecular flexibility index (Phi) is 7.41. The van der Waals surface area contributed by atoms with Crippen LogP contribution in [0.2, 0.25) is 0 Å². The third-order valence-corrected chi connectivity index (χ3v) is 3.60. The number of hydrogen-bond acceptors (Lipinski definition) is 5. The normalized spacial score (nSPS) is 10.3. The first-order valence-electron chi connectivity index (χ1n) is 6.91. The Hall–Kier alpha value is -1.70. The van der Waals surface area contributed by atoms with E-state index in [1.807, 2.05) is 13.8 Å². The summed E-state index contributed by atoms with van der Waals surface area (Å²) in [5.41, 5.74) is 6.03. The molecule has 0 spiro atoms. The molecule has 0 aliphatic carbocycles. The number of ether oxygens (including phenoxy) is 1. The Morgan fingerprint density at radius 1 is 1.48 bits per heavy atom. The molecule has 0 unspecified atom stereocenters. The molecular formula is C15H19ClFN3O2S. The highest BCUT2D eigenvalue weighted by molar-refractivity contribution is 7.09. The molecule has 1 aromatic heterocycles. The van der Waals surface area contributed by atoms with Crippen molar-refractivity contribution in [2.75, 3.05) is 11.9 Å². The maximum atomic E-state index is 13.4. The fraction of sp³-hybridized carbons (Fsp3) is 0.333. The smallest absolute Gasteiger partial charge is 0.275 e. The van der Waals surface area contributed by atoms with Gasteiger partial charge in [0.05, 0.1) is 16.8 Å². The first-order valence-corrected chi connectivity index (χ1v) is 7.79. The summed E-state index contributed by atoms with van der Waals surface area (Å²) in [4.78, 5) is 16.4. The van der Waals surface area contributed by atoms with Crippen molar-refractivity contribution in [3.8, 4) is 5.75 Å². The van der Waals surface area contributed by atoms with Crippen molar-refractivity contribution in [2.45, 2.75) is 26.4 Å². The molecule has 23 heavy (non-hydrogen) atoms. The lowest BCUT2D eigenvalue weighted by Crippen LogP contribution is -2.15. The number of aromatic nitrogens is 1. The van der Waals surface area contributed by atoms with E-state index in [1.54, 1.807) is 5.38 Å². The summed E-state index contributed by atoms with van der Waals surface area (Å²) >= 11 is 1.37. The number of carbonyl (C=O) groups excluding carboxylic acids is 1. The van der Waals surface area contributed by atoms with Gasteiger partial charge in [0.15, 0.2) is 0 Å². The van der Waals surface area contributed by atoms with E-state index in [4.69, 9.17) is 10.5 Å². The number of halogens is 2. The highest BCUT2D eigenvalue weighted by atomic mass is 35.5. The van der Waals surface area contributed by atoms with Crippen molar-refractivity contribution in [2.24, 2.45) is 5.73 Å². The van der Waals surface area contributed by atoms with E-state index in [0.717, 1.165) is 5.01 Å². The fourth-order valence-electron chi connectivity index (χ4n) is 1.80. The van der Waals surface area contributed by atoms with Crippen LogP contribution in [0.3, 0.4) is 0 Å². The molecule has 1 heterocycles. The van der Waals surface area contributed by atoms with Gasteiger partial charge in [0.2, 0.25) is 0 Å². The number of benzene rings is 1. The Bertz CT molecular complexity index is 664. The predicted octanol–water partition coefficient (Wildman–Crippen LogP) is 3.24. The fourth-order valence-corrected chi connectivity index (χ4v) is 2.59. The van der Waals surface area contributed by atoms with Crippen LogP contribution >= 0.6 is 23.7 Å². The molecule has 8 heteroatoms. The van der Waals surface area contributed by atoms with Gasteiger partial charge >= 0.3 is 0 Å². The summed E-state index contributed by atoms with van der Waals surface area (Å²) in [6, 6.07) is 4.00. The van der Waals surface area contributed by atoms with Crippen LogP contribution in [0, 0.1) is 5.82 Å². The van der Waals surface area contributed by atoms with E-state index in [-0.39, 0.29) is 29.9 Å². The van der Waals surface area contributed by atoms with E-state index >= 15 is 0 Å². The standard InChI is InChI=1S/C15H18FN3O2S.ClH/c1-9(2)21-13-4-3-10(16)7-11(13)19-15(20)12-8-22-14(18-12)5-6-17;/h3-4,7-9H,5-6,17H2,1-2H3,(H,19,20);1H. The number of nitrogens with two attached hydrogens (primary N) is 1. The van der Waals surface area contributed by atoms with Crippen molar-refractivity contribution in [1.29, 1.82) is 0 Å². The summed E-state index contributed by atoms with van der Waals surface area (Å²) in [7, 11) is 0. The van der Waals surface area contributed by atoms with Crippen LogP contribution in [-0.4, -0.2) is 23.5 Å². The second-order valence-electron chi connectivity index (χ2n) is 4.93. The SMILES string of the molecule is CC(C)Oc1ccc(F)cc1NC(=O)c1csc(CCN)n1.Cl. The zero-order valence-corrected chi connectivity index (χ0v) is 14.5. The van der Waals surface area contributed by atoms with Gasteiger partial charge in [-0.05, 0) is 32.5 Å². The lowest BCUT2D eigenvalue weighted by atomic mass is 10.2. The van der Waals surface area contributed by atoms with Gasteiger partial charge in [-0.2, -0.15) is 0 Å². The molecule has 0 radical (unpaired) electrons. The maximum Gasteiger partial charge on any atom is 0.275 e. The number of nitrogens with one attached hydrogen (secondary N) is 1. The molecule has 2 aromatic rings. The van der Waals surface area contributed by atoms with Crippen LogP contribution in [-0.2, 0) is 6.42 Å². The summed E-state index contributed by atoms with van der Waals surface area (Å²) in [5.74, 6) is -0.436. The molecular weight excluding hydrogens is 341 g/mol. The van der Waals surface area contributed by atoms with E-state index in [0.29, 0.717) is 18.7 Å². The summed E-state index contributed by atoms with van der Waals surface area (Å²) in [6.07, 6.45) is 0.538. The molecule has 1 amide bonds. The highest BCUT2D eigenvalue weighted by Gasteiger charge is 2.14. The van der Waals surface area contributed by atoms with Gasteiger partial charge in [-0.1, -0.05) is 0 Å². The van der Waals surface area contributed by atoms with Gasteiger partial charge in [0.25, 0.3) is 5.91 Å². The molecule has 0 saturated carbocycles. The van der Waals surface area contributed by atoms with Gasteiger partial charge in [-0.15, -0.1) is 23.7 Å². The third kappa shape index (κ3) is 5.46. The molecule has 2 rings (SSSR count). The van der Waals surface area contributed by atoms with Gasteiger partial charge in [0.1, 0.15) is 17.3 Å². The average Bonchev–Trinajstić information content (AvgIpc) is 2.90. The number of nitrogens with zero attached hydrogens (tertiary/aromatic N) is 1. The number of hydrogen-bond donors (Lipinski definition) is 2. The molecule has 0 saturated heterocycles. The molecule has 0 aliphatic heterocycles. The van der Waals surface area contributed by atoms with Gasteiger partial charge in [-0.25, -0.2) is 9.37 Å². The van der Waals surface area contributed by atoms with Crippen molar-refractivity contribution >= 4 is 35.3 Å². The van der Waals surface area contributed by atoms with E-state index < -0.39 is 11.7 Å². The highest BCUT2D eigenvalue weighted by Crippen LogP contribution is 2.27. The summed E-state index contributed by atoms with van der Waals surface area (Å²) in [5, 5.41) is 5.09.